The first-order valence-electron chi connectivity index (χ1n) is 14.9. The van der Waals surface area contributed by atoms with Crippen molar-refractivity contribution in [2.45, 2.75) is 64.1 Å². The highest BCUT2D eigenvalue weighted by Crippen LogP contribution is 2.27. The molecule has 0 saturated carbocycles. The van der Waals surface area contributed by atoms with E-state index in [1.165, 1.54) is 17.0 Å². The summed E-state index contributed by atoms with van der Waals surface area (Å²) in [6, 6.07) is 31.6. The number of nitrogens with zero attached hydrogens (tertiary/aromatic N) is 2. The van der Waals surface area contributed by atoms with Crippen LogP contribution in [0, 0.1) is 13.8 Å². The summed E-state index contributed by atoms with van der Waals surface area (Å²) in [5.41, 5.74) is 3.88. The minimum atomic E-state index is -4.13. The Morgan fingerprint density at radius 2 is 1.41 bits per heavy atom. The second-order valence-electron chi connectivity index (χ2n) is 11.1. The van der Waals surface area contributed by atoms with Crippen LogP contribution in [0.3, 0.4) is 0 Å². The average molecular weight is 612 g/mol. The van der Waals surface area contributed by atoms with Crippen LogP contribution in [-0.4, -0.2) is 43.8 Å². The van der Waals surface area contributed by atoms with Gasteiger partial charge in [0.2, 0.25) is 11.8 Å². The van der Waals surface area contributed by atoms with E-state index in [1.54, 1.807) is 30.3 Å². The van der Waals surface area contributed by atoms with Gasteiger partial charge in [0, 0.05) is 19.0 Å². The van der Waals surface area contributed by atoms with Crippen molar-refractivity contribution in [1.82, 2.24) is 10.2 Å². The Hall–Kier alpha value is -4.43. The van der Waals surface area contributed by atoms with E-state index in [0.29, 0.717) is 11.3 Å². The number of nitrogens with one attached hydrogen (secondary N) is 1. The molecular formula is C36H41N3O4S. The third-order valence-electron chi connectivity index (χ3n) is 7.70. The first-order chi connectivity index (χ1) is 21.1. The van der Waals surface area contributed by atoms with Crippen LogP contribution in [0.5, 0.6) is 0 Å². The molecule has 0 radical (unpaired) electrons. The van der Waals surface area contributed by atoms with Crippen LogP contribution in [0.15, 0.2) is 114 Å². The van der Waals surface area contributed by atoms with E-state index in [9.17, 15) is 18.0 Å². The van der Waals surface area contributed by atoms with Crippen molar-refractivity contribution in [1.29, 1.82) is 0 Å². The van der Waals surface area contributed by atoms with Crippen molar-refractivity contribution in [2.75, 3.05) is 10.8 Å². The molecule has 0 bridgehead atoms. The lowest BCUT2D eigenvalue weighted by molar-refractivity contribution is -0.140. The molecule has 44 heavy (non-hydrogen) atoms. The number of benzene rings is 4. The lowest BCUT2D eigenvalue weighted by atomic mass is 10.0. The fourth-order valence-corrected chi connectivity index (χ4v) is 6.58. The van der Waals surface area contributed by atoms with E-state index in [1.807, 2.05) is 94.4 Å². The fourth-order valence-electron chi connectivity index (χ4n) is 5.08. The molecule has 0 spiro atoms. The minimum Gasteiger partial charge on any atom is -0.352 e. The van der Waals surface area contributed by atoms with Crippen LogP contribution >= 0.6 is 0 Å². The maximum absolute atomic E-state index is 14.5. The van der Waals surface area contributed by atoms with Gasteiger partial charge in [-0.05, 0) is 62.1 Å². The molecule has 230 valence electrons. The van der Waals surface area contributed by atoms with Crippen LogP contribution in [0.25, 0.3) is 0 Å². The lowest BCUT2D eigenvalue weighted by Crippen LogP contribution is -2.54. The van der Waals surface area contributed by atoms with Crippen molar-refractivity contribution in [3.05, 3.63) is 131 Å². The number of carbonyl (C=O) groups excluding carboxylic acids is 2. The SMILES string of the molecule is CC[C@@H](C)NC(=O)[C@H](Cc1ccccc1)N(Cc1cccc(C)c1)C(=O)CN(c1ccccc1C)S(=O)(=O)c1ccccc1. The van der Waals surface area contributed by atoms with Gasteiger partial charge in [-0.2, -0.15) is 0 Å². The van der Waals surface area contributed by atoms with Crippen molar-refractivity contribution in [3.8, 4) is 0 Å². The third-order valence-corrected chi connectivity index (χ3v) is 9.48. The van der Waals surface area contributed by atoms with Crippen molar-refractivity contribution < 1.29 is 18.0 Å². The number of hydrogen-bond donors (Lipinski definition) is 1. The molecule has 7 nitrogen and oxygen atoms in total. The van der Waals surface area contributed by atoms with Gasteiger partial charge in [-0.25, -0.2) is 8.42 Å². The standard InChI is InChI=1S/C36H41N3O4S/c1-5-29(4)37-36(41)34(24-30-17-8-6-9-18-30)38(25-31-19-14-15-27(2)23-31)35(40)26-39(33-22-13-12-16-28(33)3)44(42,43)32-20-10-7-11-21-32/h6-23,29,34H,5,24-26H2,1-4H3,(H,37,41)/t29-,34+/m1/s1. The van der Waals surface area contributed by atoms with E-state index in [-0.39, 0.29) is 29.8 Å². The lowest BCUT2D eigenvalue weighted by Gasteiger charge is -2.34. The molecule has 4 aromatic carbocycles. The molecule has 2 amide bonds. The molecule has 0 fully saturated rings. The van der Waals surface area contributed by atoms with E-state index < -0.39 is 28.5 Å². The average Bonchev–Trinajstić information content (AvgIpc) is 3.02. The molecule has 4 rings (SSSR count). The van der Waals surface area contributed by atoms with Crippen LogP contribution in [0.2, 0.25) is 0 Å². The summed E-state index contributed by atoms with van der Waals surface area (Å²) in [5.74, 6) is -0.757. The summed E-state index contributed by atoms with van der Waals surface area (Å²) in [5, 5.41) is 3.07. The molecular weight excluding hydrogens is 570 g/mol. The topological polar surface area (TPSA) is 86.8 Å². The summed E-state index contributed by atoms with van der Waals surface area (Å²) >= 11 is 0. The number of amides is 2. The van der Waals surface area contributed by atoms with Gasteiger partial charge in [0.05, 0.1) is 10.6 Å². The van der Waals surface area contributed by atoms with Gasteiger partial charge < -0.3 is 10.2 Å². The van der Waals surface area contributed by atoms with Gasteiger partial charge in [-0.1, -0.05) is 103 Å². The Morgan fingerprint density at radius 1 is 0.795 bits per heavy atom. The predicted molar refractivity (Wildman–Crippen MR) is 176 cm³/mol. The molecule has 4 aromatic rings. The van der Waals surface area contributed by atoms with Crippen LogP contribution in [0.4, 0.5) is 5.69 Å². The van der Waals surface area contributed by atoms with Crippen molar-refractivity contribution >= 4 is 27.5 Å². The van der Waals surface area contributed by atoms with Crippen molar-refractivity contribution in [3.63, 3.8) is 0 Å². The molecule has 0 aliphatic heterocycles. The maximum Gasteiger partial charge on any atom is 0.264 e. The number of carbonyl (C=O) groups is 2. The second-order valence-corrected chi connectivity index (χ2v) is 13.0. The van der Waals surface area contributed by atoms with Gasteiger partial charge in [-0.15, -0.1) is 0 Å². The van der Waals surface area contributed by atoms with E-state index >= 15 is 0 Å². The van der Waals surface area contributed by atoms with E-state index in [0.717, 1.165) is 27.4 Å². The zero-order valence-electron chi connectivity index (χ0n) is 25.8. The molecule has 0 unspecified atom stereocenters. The first-order valence-corrected chi connectivity index (χ1v) is 16.4. The smallest absolute Gasteiger partial charge is 0.264 e. The Morgan fingerprint density at radius 3 is 2.05 bits per heavy atom. The first kappa shape index (κ1) is 32.5. The molecule has 0 aliphatic carbocycles. The van der Waals surface area contributed by atoms with Crippen LogP contribution in [-0.2, 0) is 32.6 Å². The third kappa shape index (κ3) is 8.14. The Kier molecular flexibility index (Phi) is 11.0. The number of rotatable bonds is 13. The zero-order chi connectivity index (χ0) is 31.7. The molecule has 1 N–H and O–H groups in total. The Bertz CT molecular complexity index is 1660. The fraction of sp³-hybridized carbons (Fsp3) is 0.278. The predicted octanol–water partition coefficient (Wildman–Crippen LogP) is 6.05. The van der Waals surface area contributed by atoms with Gasteiger partial charge in [0.15, 0.2) is 0 Å². The van der Waals surface area contributed by atoms with E-state index in [4.69, 9.17) is 0 Å². The molecule has 0 aliphatic rings. The number of anilines is 1. The highest BCUT2D eigenvalue weighted by atomic mass is 32.2. The number of sulfonamides is 1. The number of aryl methyl sites for hydroxylation is 2. The van der Waals surface area contributed by atoms with Gasteiger partial charge >= 0.3 is 0 Å². The minimum absolute atomic E-state index is 0.0802. The Labute approximate surface area is 261 Å². The summed E-state index contributed by atoms with van der Waals surface area (Å²) in [6.45, 7) is 7.36. The van der Waals surface area contributed by atoms with Crippen LogP contribution < -0.4 is 9.62 Å². The maximum atomic E-state index is 14.5. The normalized spacial score (nSPS) is 12.6. The van der Waals surface area contributed by atoms with Crippen LogP contribution in [0.1, 0.15) is 42.5 Å². The summed E-state index contributed by atoms with van der Waals surface area (Å²) in [6.07, 6.45) is 1.00. The quantitative estimate of drug-likeness (QED) is 0.199. The highest BCUT2D eigenvalue weighted by Gasteiger charge is 2.35. The van der Waals surface area contributed by atoms with Gasteiger partial charge in [-0.3, -0.25) is 13.9 Å². The van der Waals surface area contributed by atoms with Crippen molar-refractivity contribution in [2.24, 2.45) is 0 Å². The second kappa shape index (κ2) is 14.8. The monoisotopic (exact) mass is 611 g/mol. The largest absolute Gasteiger partial charge is 0.352 e. The Balaban J connectivity index is 1.81. The molecule has 2 atom stereocenters. The number of hydrogen-bond acceptors (Lipinski definition) is 4. The molecule has 0 saturated heterocycles. The molecule has 0 aromatic heterocycles. The highest BCUT2D eigenvalue weighted by molar-refractivity contribution is 7.92. The van der Waals surface area contributed by atoms with Gasteiger partial charge in [0.1, 0.15) is 12.6 Å². The zero-order valence-corrected chi connectivity index (χ0v) is 26.6. The van der Waals surface area contributed by atoms with E-state index in [2.05, 4.69) is 5.32 Å². The molecule has 8 heteroatoms. The summed E-state index contributed by atoms with van der Waals surface area (Å²) < 4.78 is 29.4. The number of para-hydroxylation sites is 1. The summed E-state index contributed by atoms with van der Waals surface area (Å²) in [4.78, 5) is 30.1. The molecule has 0 heterocycles. The summed E-state index contributed by atoms with van der Waals surface area (Å²) in [7, 11) is -4.13. The van der Waals surface area contributed by atoms with Gasteiger partial charge in [0.25, 0.3) is 10.0 Å².